The Morgan fingerprint density at radius 2 is 2.29 bits per heavy atom. The summed E-state index contributed by atoms with van der Waals surface area (Å²) in [6.07, 6.45) is 1.07. The highest BCUT2D eigenvalue weighted by Gasteiger charge is 2.22. The number of carbonyl (C=O) groups excluding carboxylic acids is 2. The lowest BCUT2D eigenvalue weighted by Crippen LogP contribution is -2.44. The quantitative estimate of drug-likeness (QED) is 0.318. The van der Waals surface area contributed by atoms with Gasteiger partial charge in [0.1, 0.15) is 24.5 Å². The Morgan fingerprint density at radius 1 is 1.62 bits per heavy atom. The van der Waals surface area contributed by atoms with E-state index in [4.69, 9.17) is 4.74 Å². The van der Waals surface area contributed by atoms with Crippen LogP contribution in [0.15, 0.2) is 6.20 Å². The van der Waals surface area contributed by atoms with Gasteiger partial charge in [0, 0.05) is 5.75 Å². The monoisotopic (exact) mass is 316 g/mol. The van der Waals surface area contributed by atoms with Crippen LogP contribution in [-0.2, 0) is 20.9 Å². The third-order valence-electron chi connectivity index (χ3n) is 2.66. The van der Waals surface area contributed by atoms with E-state index in [0.717, 1.165) is 6.20 Å². The molecular formula is C11H16N4O5S. The summed E-state index contributed by atoms with van der Waals surface area (Å²) in [5, 5.41) is 16.9. The van der Waals surface area contributed by atoms with Gasteiger partial charge in [0.05, 0.1) is 11.5 Å². The molecule has 1 rings (SSSR count). The number of nitrogens with one attached hydrogen (secondary N) is 1. The van der Waals surface area contributed by atoms with Crippen LogP contribution >= 0.6 is 12.6 Å². The first-order chi connectivity index (χ1) is 9.90. The number of hydrogen-bond donors (Lipinski definition) is 2. The van der Waals surface area contributed by atoms with Crippen molar-refractivity contribution in [1.29, 1.82) is 0 Å². The predicted molar refractivity (Wildman–Crippen MR) is 76.0 cm³/mol. The summed E-state index contributed by atoms with van der Waals surface area (Å²) in [4.78, 5) is 33.5. The smallest absolute Gasteiger partial charge is 0.329 e. The Morgan fingerprint density at radius 3 is 2.76 bits per heavy atom. The summed E-state index contributed by atoms with van der Waals surface area (Å²) in [7, 11) is 0. The largest absolute Gasteiger partial charge is 0.464 e. The van der Waals surface area contributed by atoms with E-state index in [9.17, 15) is 19.7 Å². The lowest BCUT2D eigenvalue weighted by Gasteiger charge is -2.15. The Hall–Kier alpha value is -2.10. The van der Waals surface area contributed by atoms with E-state index in [1.54, 1.807) is 6.92 Å². The summed E-state index contributed by atoms with van der Waals surface area (Å²) in [6.45, 7) is 3.11. The molecule has 1 aromatic rings. The van der Waals surface area contributed by atoms with Crippen LogP contribution in [-0.4, -0.2) is 45.0 Å². The zero-order chi connectivity index (χ0) is 16.0. The van der Waals surface area contributed by atoms with E-state index in [-0.39, 0.29) is 30.3 Å². The molecular weight excluding hydrogens is 300 g/mol. The maximum atomic E-state index is 11.8. The molecule has 1 atom stereocenters. The van der Waals surface area contributed by atoms with Crippen molar-refractivity contribution in [3.63, 3.8) is 0 Å². The third kappa shape index (κ3) is 4.45. The second kappa shape index (κ2) is 7.62. The van der Waals surface area contributed by atoms with Crippen molar-refractivity contribution in [2.45, 2.75) is 26.4 Å². The number of rotatable bonds is 7. The zero-order valence-electron chi connectivity index (χ0n) is 11.6. The highest BCUT2D eigenvalue weighted by Crippen LogP contribution is 2.15. The molecule has 10 heteroatoms. The van der Waals surface area contributed by atoms with Gasteiger partial charge in [-0.05, 0) is 13.8 Å². The van der Waals surface area contributed by atoms with Gasteiger partial charge in [0.25, 0.3) is 0 Å². The average molecular weight is 316 g/mol. The van der Waals surface area contributed by atoms with Crippen LogP contribution in [0.4, 0.5) is 5.69 Å². The van der Waals surface area contributed by atoms with E-state index >= 15 is 0 Å². The van der Waals surface area contributed by atoms with Crippen molar-refractivity contribution in [1.82, 2.24) is 15.1 Å². The molecule has 21 heavy (non-hydrogen) atoms. The highest BCUT2D eigenvalue weighted by atomic mass is 32.1. The second-order valence-electron chi connectivity index (χ2n) is 4.08. The minimum atomic E-state index is -0.869. The number of carbonyl (C=O) groups is 2. The molecule has 0 spiro atoms. The topological polar surface area (TPSA) is 116 Å². The van der Waals surface area contributed by atoms with E-state index in [0.29, 0.717) is 0 Å². The number of thiol groups is 1. The molecule has 0 unspecified atom stereocenters. The van der Waals surface area contributed by atoms with Crippen LogP contribution in [0.1, 0.15) is 12.6 Å². The van der Waals surface area contributed by atoms with Gasteiger partial charge in [-0.3, -0.25) is 19.6 Å². The first kappa shape index (κ1) is 17.0. The van der Waals surface area contributed by atoms with E-state index in [1.807, 2.05) is 0 Å². The van der Waals surface area contributed by atoms with Crippen LogP contribution in [0, 0.1) is 17.0 Å². The van der Waals surface area contributed by atoms with Gasteiger partial charge in [-0.2, -0.15) is 17.7 Å². The first-order valence-electron chi connectivity index (χ1n) is 6.14. The molecule has 0 aliphatic rings. The fourth-order valence-electron chi connectivity index (χ4n) is 1.57. The number of aromatic nitrogens is 2. The summed E-state index contributed by atoms with van der Waals surface area (Å²) in [6, 6.07) is -0.869. The first-order valence-corrected chi connectivity index (χ1v) is 6.77. The minimum Gasteiger partial charge on any atom is -0.464 e. The number of amides is 1. The molecule has 0 aliphatic carbocycles. The van der Waals surface area contributed by atoms with Crippen molar-refractivity contribution in [2.24, 2.45) is 0 Å². The Balaban J connectivity index is 2.69. The summed E-state index contributed by atoms with van der Waals surface area (Å²) in [5.74, 6) is -1.00. The van der Waals surface area contributed by atoms with Crippen molar-refractivity contribution in [2.75, 3.05) is 12.4 Å². The van der Waals surface area contributed by atoms with E-state index in [2.05, 4.69) is 23.0 Å². The van der Waals surface area contributed by atoms with Crippen molar-refractivity contribution >= 4 is 30.2 Å². The van der Waals surface area contributed by atoms with Crippen molar-refractivity contribution in [3.05, 3.63) is 22.0 Å². The van der Waals surface area contributed by atoms with Gasteiger partial charge < -0.3 is 10.1 Å². The number of ether oxygens (including phenoxy) is 1. The van der Waals surface area contributed by atoms with E-state index in [1.165, 1.54) is 11.6 Å². The molecule has 0 aliphatic heterocycles. The van der Waals surface area contributed by atoms with E-state index < -0.39 is 22.8 Å². The minimum absolute atomic E-state index is 0.0861. The van der Waals surface area contributed by atoms with Crippen LogP contribution in [0.3, 0.4) is 0 Å². The van der Waals surface area contributed by atoms with Crippen LogP contribution < -0.4 is 5.32 Å². The Kier molecular flexibility index (Phi) is 6.15. The molecule has 116 valence electrons. The maximum Gasteiger partial charge on any atom is 0.329 e. The van der Waals surface area contributed by atoms with Crippen LogP contribution in [0.5, 0.6) is 0 Å². The van der Waals surface area contributed by atoms with Gasteiger partial charge in [-0.1, -0.05) is 0 Å². The number of esters is 1. The van der Waals surface area contributed by atoms with Crippen LogP contribution in [0.25, 0.3) is 0 Å². The van der Waals surface area contributed by atoms with Gasteiger partial charge >= 0.3 is 11.7 Å². The van der Waals surface area contributed by atoms with Crippen molar-refractivity contribution in [3.8, 4) is 0 Å². The van der Waals surface area contributed by atoms with Gasteiger partial charge in [-0.25, -0.2) is 4.79 Å². The van der Waals surface area contributed by atoms with Crippen LogP contribution in [0.2, 0.25) is 0 Å². The number of nitro groups is 1. The molecule has 0 saturated carbocycles. The standard InChI is InChI=1S/C11H16N4O5S/c1-3-20-11(17)8(6-21)13-10(16)5-14-7(2)9(4-12-14)15(18)19/h4,8,21H,3,5-6H2,1-2H3,(H,13,16)/t8-/m0/s1. The third-order valence-corrected chi connectivity index (χ3v) is 3.02. The Bertz CT molecular complexity index is 545. The number of nitrogens with zero attached hydrogens (tertiary/aromatic N) is 3. The van der Waals surface area contributed by atoms with Crippen molar-refractivity contribution < 1.29 is 19.2 Å². The molecule has 0 fully saturated rings. The molecule has 0 saturated heterocycles. The van der Waals surface area contributed by atoms with Gasteiger partial charge in [0.15, 0.2) is 0 Å². The summed E-state index contributed by atoms with van der Waals surface area (Å²) in [5.41, 5.74) is 0.0904. The average Bonchev–Trinajstić information content (AvgIpc) is 2.77. The lowest BCUT2D eigenvalue weighted by molar-refractivity contribution is -0.385. The molecule has 1 amide bonds. The molecule has 0 bridgehead atoms. The molecule has 1 heterocycles. The normalized spacial score (nSPS) is 11.8. The lowest BCUT2D eigenvalue weighted by atomic mass is 10.3. The fourth-order valence-corrected chi connectivity index (χ4v) is 1.81. The maximum absolute atomic E-state index is 11.8. The van der Waals surface area contributed by atoms with Gasteiger partial charge in [0.2, 0.25) is 5.91 Å². The van der Waals surface area contributed by atoms with Gasteiger partial charge in [-0.15, -0.1) is 0 Å². The highest BCUT2D eigenvalue weighted by molar-refractivity contribution is 7.80. The SMILES string of the molecule is CCOC(=O)[C@H](CS)NC(=O)Cn1ncc([N+](=O)[O-])c1C. The zero-order valence-corrected chi connectivity index (χ0v) is 12.5. The molecule has 0 radical (unpaired) electrons. The summed E-state index contributed by atoms with van der Waals surface area (Å²) >= 11 is 3.97. The Labute approximate surface area is 126 Å². The summed E-state index contributed by atoms with van der Waals surface area (Å²) < 4.78 is 5.98. The molecule has 1 aromatic heterocycles. The molecule has 0 aromatic carbocycles. The second-order valence-corrected chi connectivity index (χ2v) is 4.45. The predicted octanol–water partition coefficient (Wildman–Crippen LogP) is 0.0774. The fraction of sp³-hybridized carbons (Fsp3) is 0.545. The molecule has 9 nitrogen and oxygen atoms in total. The number of hydrogen-bond acceptors (Lipinski definition) is 7. The molecule has 1 N–H and O–H groups in total.